The Labute approximate surface area is 104 Å². The van der Waals surface area contributed by atoms with E-state index in [1.54, 1.807) is 0 Å². The quantitative estimate of drug-likeness (QED) is 0.237. The van der Waals surface area contributed by atoms with Crippen molar-refractivity contribution >= 4 is 23.1 Å². The van der Waals surface area contributed by atoms with Crippen molar-refractivity contribution in [1.82, 2.24) is 5.32 Å². The van der Waals surface area contributed by atoms with Crippen LogP contribution in [0.25, 0.3) is 0 Å². The van der Waals surface area contributed by atoms with Gasteiger partial charge in [0.05, 0.1) is 4.88 Å². The second-order valence-electron chi connectivity index (χ2n) is 3.57. The van der Waals surface area contributed by atoms with Crippen LogP contribution in [-0.4, -0.2) is 23.5 Å². The molecule has 0 aliphatic carbocycles. The number of nitrogens with two attached hydrogens (primary N) is 1. The molecule has 1 aromatic rings. The number of carbonyl (C=O) groups excluding carboxylic acids is 1. The lowest BCUT2D eigenvalue weighted by Crippen LogP contribution is -2.24. The Kier molecular flexibility index (Phi) is 5.48. The molecule has 0 saturated heterocycles. The fourth-order valence-electron chi connectivity index (χ4n) is 1.30. The normalized spacial score (nSPS) is 11.5. The lowest BCUT2D eigenvalue weighted by molar-refractivity contribution is 0.0957. The van der Waals surface area contributed by atoms with Crippen LogP contribution in [0.4, 0.5) is 0 Å². The topological polar surface area (TPSA) is 87.7 Å². The zero-order valence-corrected chi connectivity index (χ0v) is 10.6. The fraction of sp³-hybridized carbons (Fsp3) is 0.455. The third kappa shape index (κ3) is 4.44. The van der Waals surface area contributed by atoms with Crippen molar-refractivity contribution in [3.8, 4) is 0 Å². The van der Waals surface area contributed by atoms with Gasteiger partial charge in [0.2, 0.25) is 0 Å². The molecule has 0 spiro atoms. The highest BCUT2D eigenvalue weighted by molar-refractivity contribution is 7.14. The number of amidine groups is 1. The predicted molar refractivity (Wildman–Crippen MR) is 68.7 cm³/mol. The lowest BCUT2D eigenvalue weighted by Gasteiger charge is -2.02. The monoisotopic (exact) mass is 255 g/mol. The zero-order valence-electron chi connectivity index (χ0n) is 9.77. The first-order chi connectivity index (χ1) is 8.17. The molecule has 0 aliphatic rings. The maximum absolute atomic E-state index is 11.7. The first kappa shape index (κ1) is 13.5. The molecular formula is C11H17N3O2S. The van der Waals surface area contributed by atoms with Crippen LogP contribution in [0.15, 0.2) is 17.3 Å². The molecular weight excluding hydrogens is 238 g/mol. The highest BCUT2D eigenvalue weighted by atomic mass is 32.1. The molecule has 5 nitrogen and oxygen atoms in total. The van der Waals surface area contributed by atoms with Gasteiger partial charge in [-0.25, -0.2) is 0 Å². The number of hydrogen-bond acceptors (Lipinski definition) is 4. The molecule has 4 N–H and O–H groups in total. The summed E-state index contributed by atoms with van der Waals surface area (Å²) in [7, 11) is 0. The van der Waals surface area contributed by atoms with Crippen LogP contribution in [0.2, 0.25) is 0 Å². The van der Waals surface area contributed by atoms with Gasteiger partial charge in [0.15, 0.2) is 0 Å². The minimum Gasteiger partial charge on any atom is -0.409 e. The molecule has 1 rings (SSSR count). The van der Waals surface area contributed by atoms with Gasteiger partial charge in [0.25, 0.3) is 5.91 Å². The third-order valence-corrected chi connectivity index (χ3v) is 3.49. The maximum atomic E-state index is 11.7. The average molecular weight is 255 g/mol. The van der Waals surface area contributed by atoms with Gasteiger partial charge in [-0.2, -0.15) is 0 Å². The fourth-order valence-corrected chi connectivity index (χ4v) is 2.16. The number of aryl methyl sites for hydroxylation is 1. The third-order valence-electron chi connectivity index (χ3n) is 2.26. The zero-order chi connectivity index (χ0) is 12.7. The van der Waals surface area contributed by atoms with Crippen molar-refractivity contribution in [2.45, 2.75) is 26.2 Å². The summed E-state index contributed by atoms with van der Waals surface area (Å²) in [4.78, 5) is 13.6. The van der Waals surface area contributed by atoms with Crippen LogP contribution in [0.1, 0.15) is 34.3 Å². The highest BCUT2D eigenvalue weighted by Crippen LogP contribution is 2.16. The van der Waals surface area contributed by atoms with Gasteiger partial charge in [-0.1, -0.05) is 12.1 Å². The first-order valence-corrected chi connectivity index (χ1v) is 6.32. The van der Waals surface area contributed by atoms with Gasteiger partial charge < -0.3 is 16.3 Å². The number of nitrogens with one attached hydrogen (secondary N) is 1. The number of nitrogens with zero attached hydrogens (tertiary/aromatic N) is 1. The van der Waals surface area contributed by atoms with Crippen LogP contribution in [0.3, 0.4) is 0 Å². The van der Waals surface area contributed by atoms with Crippen molar-refractivity contribution in [3.05, 3.63) is 21.9 Å². The molecule has 0 unspecified atom stereocenters. The van der Waals surface area contributed by atoms with Crippen LogP contribution >= 0.6 is 11.3 Å². The molecule has 0 atom stereocenters. The summed E-state index contributed by atoms with van der Waals surface area (Å²) in [6.45, 7) is 2.58. The summed E-state index contributed by atoms with van der Waals surface area (Å²) in [6.07, 6.45) is 2.08. The van der Waals surface area contributed by atoms with E-state index in [4.69, 9.17) is 10.9 Å². The van der Waals surface area contributed by atoms with Crippen LogP contribution in [-0.2, 0) is 6.42 Å². The molecule has 1 aromatic heterocycles. The summed E-state index contributed by atoms with van der Waals surface area (Å²) in [6, 6.07) is 3.80. The van der Waals surface area contributed by atoms with Crippen molar-refractivity contribution < 1.29 is 10.0 Å². The Bertz CT molecular complexity index is 401. The van der Waals surface area contributed by atoms with Gasteiger partial charge in [-0.3, -0.25) is 4.79 Å². The van der Waals surface area contributed by atoms with Gasteiger partial charge in [-0.05, 0) is 25.0 Å². The van der Waals surface area contributed by atoms with E-state index >= 15 is 0 Å². The molecule has 0 fully saturated rings. The number of oxime groups is 1. The van der Waals surface area contributed by atoms with Gasteiger partial charge in [0, 0.05) is 17.8 Å². The molecule has 1 heterocycles. The van der Waals surface area contributed by atoms with Crippen LogP contribution in [0, 0.1) is 0 Å². The SMILES string of the molecule is CCc1ccc(C(=O)NCCC/C(N)=N/O)s1. The van der Waals surface area contributed by atoms with E-state index in [1.165, 1.54) is 16.2 Å². The molecule has 1 amide bonds. The summed E-state index contributed by atoms with van der Waals surface area (Å²) in [5.41, 5.74) is 5.31. The molecule has 0 aromatic carbocycles. The van der Waals surface area contributed by atoms with E-state index in [9.17, 15) is 4.79 Å². The molecule has 17 heavy (non-hydrogen) atoms. The Morgan fingerprint density at radius 1 is 1.59 bits per heavy atom. The first-order valence-electron chi connectivity index (χ1n) is 5.50. The Morgan fingerprint density at radius 3 is 2.94 bits per heavy atom. The van der Waals surface area contributed by atoms with Gasteiger partial charge >= 0.3 is 0 Å². The number of carbonyl (C=O) groups is 1. The number of amides is 1. The van der Waals surface area contributed by atoms with E-state index in [0.29, 0.717) is 19.4 Å². The highest BCUT2D eigenvalue weighted by Gasteiger charge is 2.07. The predicted octanol–water partition coefficient (Wildman–Crippen LogP) is 1.57. The summed E-state index contributed by atoms with van der Waals surface area (Å²) >= 11 is 1.51. The van der Waals surface area contributed by atoms with E-state index in [-0.39, 0.29) is 11.7 Å². The minimum absolute atomic E-state index is 0.0609. The van der Waals surface area contributed by atoms with Crippen molar-refractivity contribution in [3.63, 3.8) is 0 Å². The summed E-state index contributed by atoms with van der Waals surface area (Å²) < 4.78 is 0. The van der Waals surface area contributed by atoms with E-state index < -0.39 is 0 Å². The van der Waals surface area contributed by atoms with Gasteiger partial charge in [0.1, 0.15) is 5.84 Å². The lowest BCUT2D eigenvalue weighted by atomic mass is 10.3. The maximum Gasteiger partial charge on any atom is 0.261 e. The molecule has 0 aliphatic heterocycles. The molecule has 0 bridgehead atoms. The second-order valence-corrected chi connectivity index (χ2v) is 4.74. The summed E-state index contributed by atoms with van der Waals surface area (Å²) in [5, 5.41) is 14.0. The standard InChI is InChI=1S/C11H17N3O2S/c1-2-8-5-6-9(17-8)11(15)13-7-3-4-10(12)14-16/h5-6,16H,2-4,7H2,1H3,(H2,12,14)(H,13,15). The average Bonchev–Trinajstić information content (AvgIpc) is 2.82. The molecule has 94 valence electrons. The second kappa shape index (κ2) is 6.90. The number of thiophene rings is 1. The van der Waals surface area contributed by atoms with Crippen molar-refractivity contribution in [1.29, 1.82) is 0 Å². The van der Waals surface area contributed by atoms with Crippen LogP contribution < -0.4 is 11.1 Å². The van der Waals surface area contributed by atoms with Crippen molar-refractivity contribution in [2.24, 2.45) is 10.9 Å². The number of rotatable bonds is 6. The Morgan fingerprint density at radius 2 is 2.35 bits per heavy atom. The summed E-state index contributed by atoms with van der Waals surface area (Å²) in [5.74, 6) is 0.123. The van der Waals surface area contributed by atoms with Crippen molar-refractivity contribution in [2.75, 3.05) is 6.54 Å². The molecule has 0 saturated carbocycles. The molecule has 6 heteroatoms. The van der Waals surface area contributed by atoms with Gasteiger partial charge in [-0.15, -0.1) is 11.3 Å². The molecule has 0 radical (unpaired) electrons. The number of hydrogen-bond donors (Lipinski definition) is 3. The minimum atomic E-state index is -0.0609. The largest absolute Gasteiger partial charge is 0.409 e. The van der Waals surface area contributed by atoms with E-state index in [1.807, 2.05) is 12.1 Å². The van der Waals surface area contributed by atoms with E-state index in [0.717, 1.165) is 11.3 Å². The van der Waals surface area contributed by atoms with E-state index in [2.05, 4.69) is 17.4 Å². The van der Waals surface area contributed by atoms with Crippen LogP contribution in [0.5, 0.6) is 0 Å². The smallest absolute Gasteiger partial charge is 0.261 e. The Balaban J connectivity index is 2.30. The Hall–Kier alpha value is -1.56.